The summed E-state index contributed by atoms with van der Waals surface area (Å²) in [6.45, 7) is 13.6. The Bertz CT molecular complexity index is 4340. The molecule has 12 aromatic rings. The predicted octanol–water partition coefficient (Wildman–Crippen LogP) is 9.26. The molecule has 3 aromatic carbocycles. The quantitative estimate of drug-likeness (QED) is 0.0248. The largest absolute Gasteiger partial charge is 1.00 e. The van der Waals surface area contributed by atoms with Gasteiger partial charge in [-0.05, 0) is 102 Å². The molecule has 9 aromatic heterocycles. The first kappa shape index (κ1) is 68.9. The molecule has 0 fully saturated rings. The summed E-state index contributed by atoms with van der Waals surface area (Å²) >= 11 is 8.30. The van der Waals surface area contributed by atoms with Crippen LogP contribution in [0.1, 0.15) is 35.6 Å². The number of aryl methyl sites for hydroxylation is 6. The Labute approximate surface area is 568 Å². The number of anilines is 2. The van der Waals surface area contributed by atoms with Gasteiger partial charge in [0.15, 0.2) is 16.9 Å². The number of nitrogens with zero attached hydrogens (tertiary/aromatic N) is 16. The van der Waals surface area contributed by atoms with Gasteiger partial charge in [-0.2, -0.15) is 39.6 Å². The molecule has 0 saturated heterocycles. The Hall–Kier alpha value is -8.05. The first-order chi connectivity index (χ1) is 43.7. The Morgan fingerprint density at radius 3 is 1.34 bits per heavy atom. The number of aromatic nitrogens is 15. The van der Waals surface area contributed by atoms with Crippen LogP contribution in [-0.2, 0) is 9.47 Å². The average molecular weight is 1380 g/mol. The second-order valence-electron chi connectivity index (χ2n) is 20.3. The van der Waals surface area contributed by atoms with Gasteiger partial charge < -0.3 is 35.3 Å². The summed E-state index contributed by atoms with van der Waals surface area (Å²) < 4.78 is 62.7. The van der Waals surface area contributed by atoms with Gasteiger partial charge in [0.2, 0.25) is 0 Å². The van der Waals surface area contributed by atoms with Crippen LogP contribution in [0, 0.1) is 41.5 Å². The van der Waals surface area contributed by atoms with E-state index in [1.165, 1.54) is 0 Å². The number of ether oxygens (including phenoxy) is 5. The molecule has 22 nitrogen and oxygen atoms in total. The van der Waals surface area contributed by atoms with Crippen LogP contribution in [0.4, 0.5) is 20.4 Å². The molecule has 0 atom stereocenters. The monoisotopic (exact) mass is 1380 g/mol. The van der Waals surface area contributed by atoms with E-state index in [1.54, 1.807) is 83.3 Å². The molecule has 12 rings (SSSR count). The van der Waals surface area contributed by atoms with Crippen molar-refractivity contribution in [1.29, 1.82) is 0 Å². The van der Waals surface area contributed by atoms with Crippen molar-refractivity contribution in [1.82, 2.24) is 73.1 Å². The molecule has 0 saturated carbocycles. The SMILES string of the molecule is COCCN(CCF)c1cc(C)nc2c(-c3ccc(-n4cccn4)cc3OC)c(C)nn12.COCCNc1cc(C)nc2c(-c3ccc(-n4cccn4)cc3OC)c(C)nn12.COc1cc(-n2cccn2)ccc1-c1c(C)nn2c(Cl)cc(C)nc12.FCCI.[H-].[Na+]. The molecule has 27 heteroatoms. The molecule has 0 aliphatic heterocycles. The molecule has 9 heterocycles. The van der Waals surface area contributed by atoms with E-state index in [2.05, 4.69) is 30.7 Å². The van der Waals surface area contributed by atoms with Gasteiger partial charge in [0, 0.05) is 140 Å². The second-order valence-corrected chi connectivity index (χ2v) is 21.8. The molecule has 0 bridgehead atoms. The van der Waals surface area contributed by atoms with Crippen molar-refractivity contribution < 1.29 is 63.4 Å². The van der Waals surface area contributed by atoms with Crippen LogP contribution in [0.2, 0.25) is 5.15 Å². The minimum Gasteiger partial charge on any atom is -1.00 e. The molecular formula is C64H72ClF2IN17NaO5. The molecule has 0 amide bonds. The topological polar surface area (TPSA) is 205 Å². The zero-order valence-corrected chi connectivity index (χ0v) is 57.9. The molecule has 91 heavy (non-hydrogen) atoms. The Morgan fingerprint density at radius 1 is 0.527 bits per heavy atom. The fourth-order valence-corrected chi connectivity index (χ4v) is 10.5. The average Bonchev–Trinajstić information content (AvgIpc) is 1.61. The van der Waals surface area contributed by atoms with E-state index in [9.17, 15) is 8.78 Å². The molecule has 0 aliphatic carbocycles. The van der Waals surface area contributed by atoms with E-state index in [-0.39, 0.29) is 44.2 Å². The van der Waals surface area contributed by atoms with Crippen LogP contribution >= 0.6 is 34.2 Å². The first-order valence-electron chi connectivity index (χ1n) is 28.7. The smallest absolute Gasteiger partial charge is 1.00 e. The minimum atomic E-state index is -0.470. The Morgan fingerprint density at radius 2 is 0.934 bits per heavy atom. The summed E-state index contributed by atoms with van der Waals surface area (Å²) in [5, 5.41) is 30.8. The zero-order chi connectivity index (χ0) is 64.0. The fourth-order valence-electron chi connectivity index (χ4n) is 10.2. The summed E-state index contributed by atoms with van der Waals surface area (Å²) in [4.78, 5) is 16.1. The normalized spacial score (nSPS) is 10.9. The van der Waals surface area contributed by atoms with E-state index in [0.29, 0.717) is 52.9 Å². The summed E-state index contributed by atoms with van der Waals surface area (Å²) in [5.41, 5.74) is 15.5. The number of hydrogen-bond donors (Lipinski definition) is 1. The van der Waals surface area contributed by atoms with E-state index in [0.717, 1.165) is 113 Å². The fraction of sp³-hybridized carbons (Fsp3) is 0.297. The van der Waals surface area contributed by atoms with Crippen molar-refractivity contribution >= 4 is 62.8 Å². The Balaban J connectivity index is 0.000000189. The van der Waals surface area contributed by atoms with E-state index in [1.807, 2.05) is 177 Å². The van der Waals surface area contributed by atoms with Crippen LogP contribution in [0.15, 0.2) is 128 Å². The third-order valence-corrected chi connectivity index (χ3v) is 14.9. The molecule has 1 N–H and O–H groups in total. The van der Waals surface area contributed by atoms with Crippen LogP contribution in [0.3, 0.4) is 0 Å². The van der Waals surface area contributed by atoms with Crippen molar-refractivity contribution in [3.63, 3.8) is 0 Å². The molecule has 0 radical (unpaired) electrons. The van der Waals surface area contributed by atoms with Crippen molar-refractivity contribution in [3.8, 4) is 67.7 Å². The molecular weight excluding hydrogens is 1310 g/mol. The molecule has 0 aliphatic rings. The maximum atomic E-state index is 13.3. The van der Waals surface area contributed by atoms with Gasteiger partial charge in [-0.15, -0.1) is 0 Å². The van der Waals surface area contributed by atoms with Crippen molar-refractivity contribution in [3.05, 3.63) is 167 Å². The standard InChI is InChI=1S/C23H27FN6O2.C21H24N6O2.C18H16ClN5O.C2H4FI.Na.H/c1-16-14-21(28(11-8-24)12-13-31-3)30-23(26-16)22(17(2)27-30)19-7-6-18(15-20(19)32-4)29-10-5-9-25-29;1-14-12-19(22-9-11-28-3)27-21(24-14)20(15(2)25-27)17-7-6-16(13-18(17)29-4)26-10-5-8-23-26;1-11-9-16(19)24-18(21-11)17(12(2)22-24)14-6-5-13(10-15(14)25-3)23-8-4-7-20-23;3-1-2-4;;/h5-7,9-10,14-15H,8,11-13H2,1-4H3;5-8,10,12-13,22H,9,11H2,1-4H3;4-10H,1-3H3;1-2H2;;/q;;;;+1;-1. The van der Waals surface area contributed by atoms with Crippen molar-refractivity contribution in [2.24, 2.45) is 0 Å². The number of rotatable bonds is 20. The van der Waals surface area contributed by atoms with Crippen molar-refractivity contribution in [2.45, 2.75) is 41.5 Å². The molecule has 472 valence electrons. The van der Waals surface area contributed by atoms with Gasteiger partial charge in [0.05, 0.1) is 92.1 Å². The number of methoxy groups -OCH3 is 5. The van der Waals surface area contributed by atoms with Crippen LogP contribution in [0.5, 0.6) is 17.2 Å². The number of nitrogens with one attached hydrogen (secondary N) is 1. The number of fused-ring (bicyclic) bond motifs is 3. The third kappa shape index (κ3) is 15.7. The zero-order valence-electron chi connectivity index (χ0n) is 54.0. The van der Waals surface area contributed by atoms with Gasteiger partial charge in [-0.1, -0.05) is 34.2 Å². The number of halogens is 4. The second kappa shape index (κ2) is 32.3. The van der Waals surface area contributed by atoms with Crippen LogP contribution in [-0.4, -0.2) is 159 Å². The van der Waals surface area contributed by atoms with E-state index >= 15 is 0 Å². The summed E-state index contributed by atoms with van der Waals surface area (Å²) in [6, 6.07) is 29.2. The molecule has 0 unspecified atom stereocenters. The van der Waals surface area contributed by atoms with Crippen LogP contribution in [0.25, 0.3) is 67.4 Å². The maximum Gasteiger partial charge on any atom is 1.00 e. The predicted molar refractivity (Wildman–Crippen MR) is 356 cm³/mol. The van der Waals surface area contributed by atoms with E-state index in [4.69, 9.17) is 55.5 Å². The number of alkyl halides is 3. The van der Waals surface area contributed by atoms with E-state index < -0.39 is 6.67 Å². The van der Waals surface area contributed by atoms with Gasteiger partial charge in [0.25, 0.3) is 0 Å². The minimum absolute atomic E-state index is 0. The van der Waals surface area contributed by atoms with Gasteiger partial charge in [0.1, 0.15) is 40.7 Å². The van der Waals surface area contributed by atoms with Gasteiger partial charge in [-0.3, -0.25) is 4.39 Å². The summed E-state index contributed by atoms with van der Waals surface area (Å²) in [5.74, 6) is 3.83. The van der Waals surface area contributed by atoms with Crippen molar-refractivity contribution in [2.75, 3.05) is 96.4 Å². The van der Waals surface area contributed by atoms with Gasteiger partial charge >= 0.3 is 29.6 Å². The number of benzene rings is 3. The Kier molecular flexibility index (Phi) is 24.4. The molecule has 0 spiro atoms. The summed E-state index contributed by atoms with van der Waals surface area (Å²) in [7, 11) is 8.28. The van der Waals surface area contributed by atoms with Crippen LogP contribution < -0.4 is 54.0 Å². The third-order valence-electron chi connectivity index (χ3n) is 14.2. The summed E-state index contributed by atoms with van der Waals surface area (Å²) in [6.07, 6.45) is 10.9. The maximum absolute atomic E-state index is 13.3. The first-order valence-corrected chi connectivity index (χ1v) is 30.6. The van der Waals surface area contributed by atoms with Gasteiger partial charge in [-0.25, -0.2) is 37.9 Å². The number of hydrogen-bond acceptors (Lipinski definition) is 16.